The van der Waals surface area contributed by atoms with E-state index in [1.165, 1.54) is 0 Å². The predicted octanol–water partition coefficient (Wildman–Crippen LogP) is 1.05. The molecule has 2 heterocycles. The Bertz CT molecular complexity index is 571. The van der Waals surface area contributed by atoms with E-state index in [0.29, 0.717) is 22.3 Å². The lowest BCUT2D eigenvalue weighted by molar-refractivity contribution is 0.173. The number of rotatable bonds is 1. The zero-order valence-electron chi connectivity index (χ0n) is 11.1. The number of fused-ring (bicyclic) bond motifs is 1. The van der Waals surface area contributed by atoms with E-state index in [-0.39, 0.29) is 6.10 Å². The van der Waals surface area contributed by atoms with Crippen LogP contribution in [0.4, 0.5) is 11.4 Å². The number of piperazine rings is 1. The zero-order chi connectivity index (χ0) is 14.3. The van der Waals surface area contributed by atoms with Gasteiger partial charge >= 0.3 is 0 Å². The van der Waals surface area contributed by atoms with Crippen molar-refractivity contribution in [1.29, 1.82) is 5.26 Å². The molecule has 2 saturated heterocycles. The highest BCUT2D eigenvalue weighted by atomic mass is 35.5. The molecule has 0 unspecified atom stereocenters. The van der Waals surface area contributed by atoms with Crippen molar-refractivity contribution in [3.05, 3.63) is 22.7 Å². The topological polar surface area (TPSA) is 76.5 Å². The highest BCUT2D eigenvalue weighted by molar-refractivity contribution is 6.35. The van der Waals surface area contributed by atoms with E-state index >= 15 is 0 Å². The molecule has 6 heteroatoms. The van der Waals surface area contributed by atoms with Gasteiger partial charge in [0.15, 0.2) is 0 Å². The van der Waals surface area contributed by atoms with E-state index in [0.717, 1.165) is 38.3 Å². The molecule has 2 fully saturated rings. The molecular weight excluding hydrogens is 276 g/mol. The Balaban J connectivity index is 1.87. The third-order valence-electron chi connectivity index (χ3n) is 4.15. The van der Waals surface area contributed by atoms with Crippen molar-refractivity contribution < 1.29 is 5.11 Å². The Morgan fingerprint density at radius 2 is 2.15 bits per heavy atom. The van der Waals surface area contributed by atoms with Crippen LogP contribution in [0, 0.1) is 11.3 Å². The molecule has 0 amide bonds. The minimum Gasteiger partial charge on any atom is -0.397 e. The number of nitrogens with two attached hydrogens (primary N) is 1. The fourth-order valence-corrected chi connectivity index (χ4v) is 3.39. The number of nitrogen functional groups attached to an aromatic ring is 1. The van der Waals surface area contributed by atoms with Gasteiger partial charge in [-0.3, -0.25) is 4.90 Å². The van der Waals surface area contributed by atoms with Gasteiger partial charge in [0, 0.05) is 32.2 Å². The molecule has 2 aliphatic heterocycles. The molecule has 0 aliphatic carbocycles. The summed E-state index contributed by atoms with van der Waals surface area (Å²) >= 11 is 6.29. The third-order valence-corrected chi connectivity index (χ3v) is 4.56. The maximum absolute atomic E-state index is 9.75. The molecule has 2 aliphatic rings. The molecule has 3 N–H and O–H groups in total. The Morgan fingerprint density at radius 1 is 1.35 bits per heavy atom. The van der Waals surface area contributed by atoms with E-state index in [1.54, 1.807) is 12.1 Å². The fraction of sp³-hybridized carbons (Fsp3) is 0.500. The number of nitriles is 1. The largest absolute Gasteiger partial charge is 0.397 e. The van der Waals surface area contributed by atoms with Gasteiger partial charge in [0.05, 0.1) is 34.1 Å². The van der Waals surface area contributed by atoms with Crippen molar-refractivity contribution >= 4 is 23.0 Å². The molecular formula is C14H17ClN4O. The summed E-state index contributed by atoms with van der Waals surface area (Å²) < 4.78 is 0. The van der Waals surface area contributed by atoms with E-state index in [4.69, 9.17) is 22.6 Å². The van der Waals surface area contributed by atoms with Crippen LogP contribution in [-0.2, 0) is 0 Å². The number of hydrogen-bond donors (Lipinski definition) is 2. The van der Waals surface area contributed by atoms with Crippen LogP contribution in [0.3, 0.4) is 0 Å². The maximum Gasteiger partial charge on any atom is 0.0993 e. The van der Waals surface area contributed by atoms with Crippen molar-refractivity contribution in [3.63, 3.8) is 0 Å². The second-order valence-electron chi connectivity index (χ2n) is 5.49. The normalized spacial score (nSPS) is 26.4. The molecule has 20 heavy (non-hydrogen) atoms. The lowest BCUT2D eigenvalue weighted by Gasteiger charge is -2.39. The molecule has 5 nitrogen and oxygen atoms in total. The van der Waals surface area contributed by atoms with Crippen LogP contribution in [0.25, 0.3) is 0 Å². The van der Waals surface area contributed by atoms with Crippen molar-refractivity contribution in [2.24, 2.45) is 0 Å². The van der Waals surface area contributed by atoms with Gasteiger partial charge in [-0.15, -0.1) is 0 Å². The summed E-state index contributed by atoms with van der Waals surface area (Å²) in [4.78, 5) is 4.48. The summed E-state index contributed by atoms with van der Waals surface area (Å²) in [7, 11) is 0. The SMILES string of the molecule is N#Cc1cc(N)c(Cl)c(N2CCN3C[C@H](O)C[C@H]3C2)c1. The van der Waals surface area contributed by atoms with Gasteiger partial charge in [-0.1, -0.05) is 11.6 Å². The smallest absolute Gasteiger partial charge is 0.0993 e. The summed E-state index contributed by atoms with van der Waals surface area (Å²) in [6.45, 7) is 3.30. The van der Waals surface area contributed by atoms with E-state index in [1.807, 2.05) is 0 Å². The van der Waals surface area contributed by atoms with Crippen molar-refractivity contribution in [1.82, 2.24) is 4.90 Å². The number of aliphatic hydroxyl groups excluding tert-OH is 1. The van der Waals surface area contributed by atoms with Gasteiger partial charge in [-0.05, 0) is 18.6 Å². The molecule has 1 aromatic carbocycles. The number of anilines is 2. The monoisotopic (exact) mass is 292 g/mol. The zero-order valence-corrected chi connectivity index (χ0v) is 11.8. The lowest BCUT2D eigenvalue weighted by atomic mass is 10.1. The summed E-state index contributed by atoms with van der Waals surface area (Å²) in [5, 5.41) is 19.3. The summed E-state index contributed by atoms with van der Waals surface area (Å²) in [6, 6.07) is 5.85. The fourth-order valence-electron chi connectivity index (χ4n) is 3.16. The van der Waals surface area contributed by atoms with Crippen LogP contribution >= 0.6 is 11.6 Å². The summed E-state index contributed by atoms with van der Waals surface area (Å²) in [5.74, 6) is 0. The molecule has 0 radical (unpaired) electrons. The van der Waals surface area contributed by atoms with Crippen LogP contribution in [0.15, 0.2) is 12.1 Å². The molecule has 3 rings (SSSR count). The Hall–Kier alpha value is -1.48. The average molecular weight is 293 g/mol. The number of benzene rings is 1. The number of hydrogen-bond acceptors (Lipinski definition) is 5. The van der Waals surface area contributed by atoms with Crippen LogP contribution in [0.1, 0.15) is 12.0 Å². The summed E-state index contributed by atoms with van der Waals surface area (Å²) in [6.07, 6.45) is 0.563. The minimum atomic E-state index is -0.231. The molecule has 0 bridgehead atoms. The van der Waals surface area contributed by atoms with E-state index in [9.17, 15) is 5.11 Å². The standard InChI is InChI=1S/C14H17ClN4O/c15-14-12(17)3-9(6-16)4-13(14)19-2-1-18-8-11(20)5-10(18)7-19/h3-4,10-11,20H,1-2,5,7-8,17H2/t10-,11+/m0/s1. The molecule has 1 aromatic rings. The number of aliphatic hydroxyl groups is 1. The first-order chi connectivity index (χ1) is 9.58. The number of halogens is 1. The van der Waals surface area contributed by atoms with Crippen LogP contribution in [0.2, 0.25) is 5.02 Å². The first-order valence-electron chi connectivity index (χ1n) is 6.74. The molecule has 0 aromatic heterocycles. The molecule has 0 spiro atoms. The molecule has 0 saturated carbocycles. The highest BCUT2D eigenvalue weighted by Gasteiger charge is 2.35. The Kier molecular flexibility index (Phi) is 3.47. The first-order valence-corrected chi connectivity index (χ1v) is 7.12. The summed E-state index contributed by atoms with van der Waals surface area (Å²) in [5.41, 5.74) is 7.66. The van der Waals surface area contributed by atoms with Gasteiger partial charge in [-0.2, -0.15) is 5.26 Å². The van der Waals surface area contributed by atoms with Crippen LogP contribution in [0.5, 0.6) is 0 Å². The minimum absolute atomic E-state index is 0.231. The average Bonchev–Trinajstić information content (AvgIpc) is 2.80. The molecule has 2 atom stereocenters. The van der Waals surface area contributed by atoms with Gasteiger partial charge in [-0.25, -0.2) is 0 Å². The Morgan fingerprint density at radius 3 is 2.90 bits per heavy atom. The second kappa shape index (κ2) is 5.13. The van der Waals surface area contributed by atoms with E-state index in [2.05, 4.69) is 15.9 Å². The van der Waals surface area contributed by atoms with Gasteiger partial charge in [0.2, 0.25) is 0 Å². The van der Waals surface area contributed by atoms with Gasteiger partial charge < -0.3 is 15.7 Å². The Labute approximate surface area is 123 Å². The quantitative estimate of drug-likeness (QED) is 0.757. The van der Waals surface area contributed by atoms with Gasteiger partial charge in [0.1, 0.15) is 0 Å². The van der Waals surface area contributed by atoms with Crippen LogP contribution < -0.4 is 10.6 Å². The van der Waals surface area contributed by atoms with Crippen LogP contribution in [-0.4, -0.2) is 48.3 Å². The van der Waals surface area contributed by atoms with Crippen molar-refractivity contribution in [3.8, 4) is 6.07 Å². The maximum atomic E-state index is 9.75. The lowest BCUT2D eigenvalue weighted by Crippen LogP contribution is -2.50. The highest BCUT2D eigenvalue weighted by Crippen LogP contribution is 2.35. The van der Waals surface area contributed by atoms with Crippen molar-refractivity contribution in [2.75, 3.05) is 36.8 Å². The van der Waals surface area contributed by atoms with E-state index < -0.39 is 0 Å². The van der Waals surface area contributed by atoms with Crippen molar-refractivity contribution in [2.45, 2.75) is 18.6 Å². The van der Waals surface area contributed by atoms with Gasteiger partial charge in [0.25, 0.3) is 0 Å². The third kappa shape index (κ3) is 2.31. The predicted molar refractivity (Wildman–Crippen MR) is 78.8 cm³/mol. The molecule has 106 valence electrons. The first kappa shape index (κ1) is 13.5. The number of nitrogens with zero attached hydrogens (tertiary/aromatic N) is 3. The second-order valence-corrected chi connectivity index (χ2v) is 5.87.